The fourth-order valence-electron chi connectivity index (χ4n) is 3.52. The average Bonchev–Trinajstić information content (AvgIpc) is 2.89. The summed E-state index contributed by atoms with van der Waals surface area (Å²) in [6, 6.07) is 8.37. The van der Waals surface area contributed by atoms with Gasteiger partial charge < -0.3 is 4.57 Å². The van der Waals surface area contributed by atoms with Gasteiger partial charge in [-0.3, -0.25) is 0 Å². The molecule has 4 heteroatoms. The Balaban J connectivity index is 1.72. The van der Waals surface area contributed by atoms with E-state index >= 15 is 0 Å². The highest BCUT2D eigenvalue weighted by Crippen LogP contribution is 2.43. The third-order valence-electron chi connectivity index (χ3n) is 5.04. The van der Waals surface area contributed by atoms with Crippen molar-refractivity contribution in [3.63, 3.8) is 0 Å². The highest BCUT2D eigenvalue weighted by Gasteiger charge is 2.30. The monoisotopic (exact) mass is 323 g/mol. The van der Waals surface area contributed by atoms with Crippen LogP contribution >= 0.6 is 11.3 Å². The Bertz CT molecular complexity index is 910. The minimum absolute atomic E-state index is 0.250. The van der Waals surface area contributed by atoms with Crippen LogP contribution < -0.4 is 4.80 Å². The second-order valence-electron chi connectivity index (χ2n) is 6.66. The maximum Gasteiger partial charge on any atom is 0.211 e. The number of para-hydroxylation sites is 1. The van der Waals surface area contributed by atoms with Gasteiger partial charge in [-0.25, -0.2) is 0 Å². The zero-order valence-corrected chi connectivity index (χ0v) is 14.4. The van der Waals surface area contributed by atoms with E-state index in [9.17, 15) is 0 Å². The van der Waals surface area contributed by atoms with Crippen LogP contribution in [0.3, 0.4) is 0 Å². The Morgan fingerprint density at radius 1 is 1.17 bits per heavy atom. The van der Waals surface area contributed by atoms with Crippen LogP contribution in [0.5, 0.6) is 0 Å². The average molecular weight is 323 g/mol. The fraction of sp³-hybridized carbons (Fsp3) is 0.368. The van der Waals surface area contributed by atoms with Crippen LogP contribution in [0, 0.1) is 5.41 Å². The van der Waals surface area contributed by atoms with Crippen molar-refractivity contribution in [1.29, 1.82) is 0 Å². The Morgan fingerprint density at radius 3 is 2.91 bits per heavy atom. The minimum atomic E-state index is 0.250. The Labute approximate surface area is 140 Å². The maximum atomic E-state index is 4.50. The summed E-state index contributed by atoms with van der Waals surface area (Å²) >= 11 is 1.68. The molecule has 0 saturated heterocycles. The number of allylic oxidation sites excluding steroid dienone is 4. The molecule has 23 heavy (non-hydrogen) atoms. The molecule has 2 aliphatic carbocycles. The van der Waals surface area contributed by atoms with Crippen LogP contribution in [0.15, 0.2) is 58.3 Å². The number of thiazole rings is 1. The zero-order valence-electron chi connectivity index (χ0n) is 13.6. The SMILES string of the molecule is Cn1/c(=N\N=C2/C=CC3(C)CCCCC3=C2)sc2ccccc21. The van der Waals surface area contributed by atoms with Gasteiger partial charge in [0.2, 0.25) is 4.80 Å². The topological polar surface area (TPSA) is 29.6 Å². The number of rotatable bonds is 1. The lowest BCUT2D eigenvalue weighted by molar-refractivity contribution is 0.380. The van der Waals surface area contributed by atoms with E-state index in [2.05, 4.69) is 64.2 Å². The molecule has 3 nitrogen and oxygen atoms in total. The van der Waals surface area contributed by atoms with E-state index in [-0.39, 0.29) is 5.41 Å². The number of nitrogens with zero attached hydrogens (tertiary/aromatic N) is 3. The van der Waals surface area contributed by atoms with Crippen LogP contribution in [0.25, 0.3) is 10.2 Å². The van der Waals surface area contributed by atoms with E-state index in [0.717, 1.165) is 10.5 Å². The number of aromatic nitrogens is 1. The van der Waals surface area contributed by atoms with Gasteiger partial charge in [-0.05, 0) is 43.5 Å². The molecule has 0 N–H and O–H groups in total. The van der Waals surface area contributed by atoms with E-state index in [1.165, 1.54) is 41.5 Å². The normalized spacial score (nSPS) is 26.6. The van der Waals surface area contributed by atoms with Gasteiger partial charge in [0.15, 0.2) is 0 Å². The summed E-state index contributed by atoms with van der Waals surface area (Å²) in [6.07, 6.45) is 11.8. The summed E-state index contributed by atoms with van der Waals surface area (Å²) in [6.45, 7) is 2.34. The first-order valence-electron chi connectivity index (χ1n) is 8.22. The molecule has 1 unspecified atom stereocenters. The van der Waals surface area contributed by atoms with Crippen molar-refractivity contribution >= 4 is 27.3 Å². The Kier molecular flexibility index (Phi) is 3.57. The molecule has 2 aromatic rings. The van der Waals surface area contributed by atoms with Gasteiger partial charge in [0.1, 0.15) is 0 Å². The smallest absolute Gasteiger partial charge is 0.211 e. The molecule has 0 aliphatic heterocycles. The molecule has 1 aromatic heterocycles. The third kappa shape index (κ3) is 2.61. The lowest BCUT2D eigenvalue weighted by atomic mass is 9.69. The lowest BCUT2D eigenvalue weighted by Gasteiger charge is -2.35. The molecule has 1 heterocycles. The van der Waals surface area contributed by atoms with Crippen molar-refractivity contribution in [3.05, 3.63) is 52.9 Å². The summed E-state index contributed by atoms with van der Waals surface area (Å²) in [7, 11) is 2.05. The Hall–Kier alpha value is -1.94. The van der Waals surface area contributed by atoms with Crippen molar-refractivity contribution in [3.8, 4) is 0 Å². The van der Waals surface area contributed by atoms with E-state index in [1.807, 2.05) is 7.05 Å². The van der Waals surface area contributed by atoms with Crippen LogP contribution in [0.4, 0.5) is 0 Å². The van der Waals surface area contributed by atoms with Crippen molar-refractivity contribution in [2.24, 2.45) is 22.7 Å². The fourth-order valence-corrected chi connectivity index (χ4v) is 4.49. The molecule has 0 bridgehead atoms. The van der Waals surface area contributed by atoms with Gasteiger partial charge in [0.05, 0.1) is 15.9 Å². The van der Waals surface area contributed by atoms with Gasteiger partial charge in [-0.15, -0.1) is 10.2 Å². The molecule has 0 amide bonds. The highest BCUT2D eigenvalue weighted by atomic mass is 32.1. The summed E-state index contributed by atoms with van der Waals surface area (Å²) in [4.78, 5) is 0.933. The first-order chi connectivity index (χ1) is 11.2. The molecule has 4 rings (SSSR count). The van der Waals surface area contributed by atoms with Crippen molar-refractivity contribution in [2.75, 3.05) is 0 Å². The molecule has 0 radical (unpaired) electrons. The number of benzene rings is 1. The van der Waals surface area contributed by atoms with Gasteiger partial charge in [0.25, 0.3) is 0 Å². The highest BCUT2D eigenvalue weighted by molar-refractivity contribution is 7.16. The number of hydrogen-bond donors (Lipinski definition) is 0. The molecule has 1 aromatic carbocycles. The molecule has 118 valence electrons. The van der Waals surface area contributed by atoms with Gasteiger partial charge in [-0.2, -0.15) is 0 Å². The predicted molar refractivity (Wildman–Crippen MR) is 97.6 cm³/mol. The second-order valence-corrected chi connectivity index (χ2v) is 7.67. The van der Waals surface area contributed by atoms with E-state index < -0.39 is 0 Å². The largest absolute Gasteiger partial charge is 0.318 e. The van der Waals surface area contributed by atoms with Crippen molar-refractivity contribution in [1.82, 2.24) is 4.57 Å². The van der Waals surface area contributed by atoms with Gasteiger partial charge >= 0.3 is 0 Å². The second kappa shape index (κ2) is 5.60. The Morgan fingerprint density at radius 2 is 2.04 bits per heavy atom. The zero-order chi connectivity index (χ0) is 15.9. The lowest BCUT2D eigenvalue weighted by Crippen LogP contribution is -2.24. The molecule has 1 atom stereocenters. The summed E-state index contributed by atoms with van der Waals surface area (Å²) in [5, 5.41) is 9.00. The number of fused-ring (bicyclic) bond motifs is 2. The molecule has 0 spiro atoms. The molecule has 2 aliphatic rings. The first kappa shape index (κ1) is 14.6. The number of hydrogen-bond acceptors (Lipinski definition) is 3. The van der Waals surface area contributed by atoms with Crippen molar-refractivity contribution < 1.29 is 0 Å². The van der Waals surface area contributed by atoms with E-state index in [4.69, 9.17) is 0 Å². The van der Waals surface area contributed by atoms with Crippen LogP contribution in [-0.2, 0) is 7.05 Å². The molecular formula is C19H21N3S. The van der Waals surface area contributed by atoms with E-state index in [1.54, 1.807) is 11.3 Å². The summed E-state index contributed by atoms with van der Waals surface area (Å²) in [5.41, 5.74) is 3.94. The third-order valence-corrected chi connectivity index (χ3v) is 6.14. The van der Waals surface area contributed by atoms with E-state index in [0.29, 0.717) is 0 Å². The van der Waals surface area contributed by atoms with Crippen LogP contribution in [0.1, 0.15) is 32.6 Å². The predicted octanol–water partition coefficient (Wildman–Crippen LogP) is 4.57. The first-order valence-corrected chi connectivity index (χ1v) is 9.04. The van der Waals surface area contributed by atoms with Crippen LogP contribution in [-0.4, -0.2) is 10.3 Å². The standard InChI is InChI=1S/C19H21N3S/c1-19-11-6-5-7-14(19)13-15(10-12-19)20-21-18-22(2)16-8-3-4-9-17(16)23-18/h3-4,8-10,12-13H,5-7,11H2,1-2H3/b20-15+,21-18+. The van der Waals surface area contributed by atoms with Gasteiger partial charge in [-0.1, -0.05) is 48.5 Å². The van der Waals surface area contributed by atoms with Gasteiger partial charge in [0, 0.05) is 12.5 Å². The molecule has 1 saturated carbocycles. The van der Waals surface area contributed by atoms with Crippen LogP contribution in [0.2, 0.25) is 0 Å². The molecular weight excluding hydrogens is 302 g/mol. The number of aryl methyl sites for hydroxylation is 1. The maximum absolute atomic E-state index is 4.50. The quantitative estimate of drug-likeness (QED) is 0.688. The summed E-state index contributed by atoms with van der Waals surface area (Å²) in [5.74, 6) is 0. The minimum Gasteiger partial charge on any atom is -0.318 e. The summed E-state index contributed by atoms with van der Waals surface area (Å²) < 4.78 is 3.35. The van der Waals surface area contributed by atoms with Crippen molar-refractivity contribution in [2.45, 2.75) is 32.6 Å². The molecule has 1 fully saturated rings.